The molecule has 21 heavy (non-hydrogen) atoms. The molecule has 0 radical (unpaired) electrons. The minimum absolute atomic E-state index is 0.0102. The summed E-state index contributed by atoms with van der Waals surface area (Å²) in [5.41, 5.74) is 1.10. The van der Waals surface area contributed by atoms with Gasteiger partial charge in [0.15, 0.2) is 0 Å². The number of benzene rings is 1. The highest BCUT2D eigenvalue weighted by Crippen LogP contribution is 2.11. The summed E-state index contributed by atoms with van der Waals surface area (Å²) >= 11 is 0. The second kappa shape index (κ2) is 9.13. The van der Waals surface area contributed by atoms with E-state index in [0.717, 1.165) is 12.8 Å². The minimum atomic E-state index is -0.343. The number of nitrogens with one attached hydrogen (secondary N) is 1. The monoisotopic (exact) mass is 293 g/mol. The summed E-state index contributed by atoms with van der Waals surface area (Å²) in [6.45, 7) is 6.21. The molecule has 0 atom stereocenters. The second-order valence-corrected chi connectivity index (χ2v) is 4.97. The number of carbonyl (C=O) groups is 2. The molecule has 1 aromatic rings. The average molecular weight is 293 g/mol. The Kier molecular flexibility index (Phi) is 7.46. The number of unbranched alkanes of at least 4 members (excludes halogenated alkanes) is 1. The van der Waals surface area contributed by atoms with Crippen LogP contribution in [0.1, 0.15) is 44.0 Å². The third kappa shape index (κ3) is 6.90. The number of ether oxygens (including phenoxy) is 2. The van der Waals surface area contributed by atoms with Crippen LogP contribution >= 0.6 is 0 Å². The van der Waals surface area contributed by atoms with Crippen LogP contribution in [0.5, 0.6) is 0 Å². The molecule has 1 rings (SSSR count). The maximum absolute atomic E-state index is 11.7. The van der Waals surface area contributed by atoms with Crippen molar-refractivity contribution in [3.05, 3.63) is 29.8 Å². The summed E-state index contributed by atoms with van der Waals surface area (Å²) < 4.78 is 10.3. The summed E-state index contributed by atoms with van der Waals surface area (Å²) in [4.78, 5) is 23.3. The van der Waals surface area contributed by atoms with E-state index in [2.05, 4.69) is 5.32 Å². The lowest BCUT2D eigenvalue weighted by molar-refractivity contribution is -0.121. The molecule has 5 nitrogen and oxygen atoms in total. The van der Waals surface area contributed by atoms with Crippen LogP contribution in [0.25, 0.3) is 0 Å². The number of rotatable bonds is 8. The van der Waals surface area contributed by atoms with Gasteiger partial charge in [-0.05, 0) is 44.5 Å². The largest absolute Gasteiger partial charge is 0.462 e. The van der Waals surface area contributed by atoms with Crippen LogP contribution in [0.4, 0.5) is 5.69 Å². The van der Waals surface area contributed by atoms with Crippen LogP contribution in [-0.4, -0.2) is 31.2 Å². The van der Waals surface area contributed by atoms with Gasteiger partial charge in [0.05, 0.1) is 18.3 Å². The summed E-state index contributed by atoms with van der Waals surface area (Å²) in [6, 6.07) is 6.60. The fraction of sp³-hybridized carbons (Fsp3) is 0.500. The molecule has 0 fully saturated rings. The maximum atomic E-state index is 11.7. The molecule has 0 aromatic heterocycles. The van der Waals surface area contributed by atoms with E-state index in [9.17, 15) is 9.59 Å². The molecule has 1 aromatic carbocycles. The van der Waals surface area contributed by atoms with Gasteiger partial charge in [-0.15, -0.1) is 0 Å². The quantitative estimate of drug-likeness (QED) is 0.591. The molecule has 0 aliphatic rings. The standard InChI is InChI=1S/C16H23NO4/c1-4-5-10-20-16(19)13-6-8-14(9-7-13)17-15(18)11-21-12(2)3/h6-9,12H,4-5,10-11H2,1-3H3,(H,17,18). The van der Waals surface area contributed by atoms with Crippen molar-refractivity contribution in [3.8, 4) is 0 Å². The third-order valence-electron chi connectivity index (χ3n) is 2.68. The maximum Gasteiger partial charge on any atom is 0.338 e. The Morgan fingerprint density at radius 3 is 2.43 bits per heavy atom. The first kappa shape index (κ1) is 17.2. The molecule has 0 aliphatic heterocycles. The van der Waals surface area contributed by atoms with Crippen LogP contribution in [0.3, 0.4) is 0 Å². The first-order chi connectivity index (χ1) is 10.0. The molecule has 0 aliphatic carbocycles. The molecule has 0 bridgehead atoms. The topological polar surface area (TPSA) is 64.6 Å². The first-order valence-corrected chi connectivity index (χ1v) is 7.21. The van der Waals surface area contributed by atoms with Gasteiger partial charge >= 0.3 is 5.97 Å². The normalized spacial score (nSPS) is 10.5. The van der Waals surface area contributed by atoms with E-state index in [-0.39, 0.29) is 24.6 Å². The van der Waals surface area contributed by atoms with Gasteiger partial charge in [0.2, 0.25) is 5.91 Å². The molecular formula is C16H23NO4. The van der Waals surface area contributed by atoms with Crippen molar-refractivity contribution < 1.29 is 19.1 Å². The molecule has 5 heteroatoms. The third-order valence-corrected chi connectivity index (χ3v) is 2.68. The number of esters is 1. The van der Waals surface area contributed by atoms with E-state index in [1.807, 2.05) is 20.8 Å². The van der Waals surface area contributed by atoms with Gasteiger partial charge in [0.25, 0.3) is 0 Å². The molecule has 0 spiro atoms. The number of anilines is 1. The van der Waals surface area contributed by atoms with Crippen LogP contribution in [0, 0.1) is 0 Å². The predicted octanol–water partition coefficient (Wildman–Crippen LogP) is 3.01. The van der Waals surface area contributed by atoms with E-state index >= 15 is 0 Å². The van der Waals surface area contributed by atoms with Gasteiger partial charge < -0.3 is 14.8 Å². The van der Waals surface area contributed by atoms with Gasteiger partial charge in [-0.1, -0.05) is 13.3 Å². The Morgan fingerprint density at radius 2 is 1.86 bits per heavy atom. The Hall–Kier alpha value is -1.88. The summed E-state index contributed by atoms with van der Waals surface area (Å²) in [6.07, 6.45) is 1.85. The van der Waals surface area contributed by atoms with Crippen molar-refractivity contribution in [2.24, 2.45) is 0 Å². The van der Waals surface area contributed by atoms with E-state index in [1.165, 1.54) is 0 Å². The Morgan fingerprint density at radius 1 is 1.19 bits per heavy atom. The highest BCUT2D eigenvalue weighted by atomic mass is 16.5. The molecule has 116 valence electrons. The van der Waals surface area contributed by atoms with Crippen molar-refractivity contribution in [2.45, 2.75) is 39.7 Å². The van der Waals surface area contributed by atoms with Crippen molar-refractivity contribution in [2.75, 3.05) is 18.5 Å². The highest BCUT2D eigenvalue weighted by molar-refractivity contribution is 5.93. The number of hydrogen-bond donors (Lipinski definition) is 1. The smallest absolute Gasteiger partial charge is 0.338 e. The number of hydrogen-bond acceptors (Lipinski definition) is 4. The Labute approximate surface area is 125 Å². The fourth-order valence-electron chi connectivity index (χ4n) is 1.52. The average Bonchev–Trinajstić information content (AvgIpc) is 2.46. The highest BCUT2D eigenvalue weighted by Gasteiger charge is 2.08. The van der Waals surface area contributed by atoms with E-state index in [1.54, 1.807) is 24.3 Å². The second-order valence-electron chi connectivity index (χ2n) is 4.97. The molecule has 0 saturated carbocycles. The zero-order chi connectivity index (χ0) is 15.7. The lowest BCUT2D eigenvalue weighted by atomic mass is 10.2. The molecule has 1 amide bonds. The fourth-order valence-corrected chi connectivity index (χ4v) is 1.52. The van der Waals surface area contributed by atoms with Crippen LogP contribution in [0.2, 0.25) is 0 Å². The van der Waals surface area contributed by atoms with Crippen LogP contribution in [-0.2, 0) is 14.3 Å². The molecular weight excluding hydrogens is 270 g/mol. The summed E-state index contributed by atoms with van der Waals surface area (Å²) in [7, 11) is 0. The summed E-state index contributed by atoms with van der Waals surface area (Å²) in [5.74, 6) is -0.563. The van der Waals surface area contributed by atoms with Crippen molar-refractivity contribution in [1.29, 1.82) is 0 Å². The van der Waals surface area contributed by atoms with Crippen molar-refractivity contribution in [1.82, 2.24) is 0 Å². The molecule has 0 saturated heterocycles. The van der Waals surface area contributed by atoms with Gasteiger partial charge in [-0.2, -0.15) is 0 Å². The van der Waals surface area contributed by atoms with E-state index < -0.39 is 0 Å². The molecule has 0 unspecified atom stereocenters. The van der Waals surface area contributed by atoms with Crippen LogP contribution < -0.4 is 5.32 Å². The SMILES string of the molecule is CCCCOC(=O)c1ccc(NC(=O)COC(C)C)cc1. The lowest BCUT2D eigenvalue weighted by Crippen LogP contribution is -2.20. The Balaban J connectivity index is 2.46. The number of amides is 1. The molecule has 1 N–H and O–H groups in total. The van der Waals surface area contributed by atoms with E-state index in [4.69, 9.17) is 9.47 Å². The van der Waals surface area contributed by atoms with Crippen molar-refractivity contribution in [3.63, 3.8) is 0 Å². The number of carbonyl (C=O) groups excluding carboxylic acids is 2. The van der Waals surface area contributed by atoms with Crippen molar-refractivity contribution >= 4 is 17.6 Å². The first-order valence-electron chi connectivity index (χ1n) is 7.21. The summed E-state index contributed by atoms with van der Waals surface area (Å²) in [5, 5.41) is 2.70. The van der Waals surface area contributed by atoms with Gasteiger partial charge in [0.1, 0.15) is 6.61 Å². The van der Waals surface area contributed by atoms with Gasteiger partial charge in [0, 0.05) is 5.69 Å². The molecule has 0 heterocycles. The van der Waals surface area contributed by atoms with E-state index in [0.29, 0.717) is 17.9 Å². The Bertz CT molecular complexity index is 454. The minimum Gasteiger partial charge on any atom is -0.462 e. The zero-order valence-electron chi connectivity index (χ0n) is 12.8. The van der Waals surface area contributed by atoms with Crippen LogP contribution in [0.15, 0.2) is 24.3 Å². The lowest BCUT2D eigenvalue weighted by Gasteiger charge is -2.09. The van der Waals surface area contributed by atoms with Gasteiger partial charge in [-0.25, -0.2) is 4.79 Å². The van der Waals surface area contributed by atoms with Gasteiger partial charge in [-0.3, -0.25) is 4.79 Å². The zero-order valence-corrected chi connectivity index (χ0v) is 12.8. The predicted molar refractivity (Wildman–Crippen MR) is 81.4 cm³/mol.